The van der Waals surface area contributed by atoms with Crippen LogP contribution in [0.4, 0.5) is 0 Å². The van der Waals surface area contributed by atoms with Crippen molar-refractivity contribution in [1.82, 2.24) is 9.97 Å². The zero-order valence-electron chi connectivity index (χ0n) is 7.11. The van der Waals surface area contributed by atoms with E-state index in [4.69, 9.17) is 11.6 Å². The summed E-state index contributed by atoms with van der Waals surface area (Å²) in [6.07, 6.45) is 1.65. The van der Waals surface area contributed by atoms with Gasteiger partial charge in [0.2, 0.25) is 5.28 Å². The van der Waals surface area contributed by atoms with Gasteiger partial charge in [0, 0.05) is 16.2 Å². The number of hydrogen-bond donors (Lipinski definition) is 0. The highest BCUT2D eigenvalue weighted by Gasteiger charge is 1.99. The summed E-state index contributed by atoms with van der Waals surface area (Å²) in [5.41, 5.74) is 1.86. The lowest BCUT2D eigenvalue weighted by Gasteiger charge is -2.00. The van der Waals surface area contributed by atoms with Gasteiger partial charge in [0.15, 0.2) is 0 Å². The zero-order valence-corrected chi connectivity index (χ0v) is 9.46. The van der Waals surface area contributed by atoms with Crippen LogP contribution in [-0.2, 0) is 0 Å². The van der Waals surface area contributed by atoms with Gasteiger partial charge in [-0.15, -0.1) is 0 Å². The smallest absolute Gasteiger partial charge is 0.222 e. The van der Waals surface area contributed by atoms with E-state index in [2.05, 4.69) is 25.9 Å². The lowest BCUT2D eigenvalue weighted by Crippen LogP contribution is -1.85. The molecule has 2 rings (SSSR count). The van der Waals surface area contributed by atoms with Crippen molar-refractivity contribution in [1.29, 1.82) is 0 Å². The van der Waals surface area contributed by atoms with Crippen LogP contribution in [0, 0.1) is 0 Å². The molecule has 0 bridgehead atoms. The van der Waals surface area contributed by atoms with Gasteiger partial charge < -0.3 is 0 Å². The molecule has 0 unspecified atom stereocenters. The maximum absolute atomic E-state index is 5.69. The molecule has 0 aliphatic rings. The van der Waals surface area contributed by atoms with Gasteiger partial charge >= 0.3 is 0 Å². The van der Waals surface area contributed by atoms with Crippen LogP contribution >= 0.6 is 27.5 Å². The van der Waals surface area contributed by atoms with Crippen LogP contribution in [0.5, 0.6) is 0 Å². The van der Waals surface area contributed by atoms with Gasteiger partial charge in [0.05, 0.1) is 5.69 Å². The van der Waals surface area contributed by atoms with Gasteiger partial charge in [0.1, 0.15) is 0 Å². The Morgan fingerprint density at radius 3 is 2.43 bits per heavy atom. The summed E-state index contributed by atoms with van der Waals surface area (Å²) < 4.78 is 1.04. The zero-order chi connectivity index (χ0) is 9.97. The highest BCUT2D eigenvalue weighted by Crippen LogP contribution is 2.20. The molecule has 0 atom stereocenters. The Labute approximate surface area is 95.1 Å². The molecule has 1 heterocycles. The molecule has 0 spiro atoms. The first kappa shape index (κ1) is 9.62. The van der Waals surface area contributed by atoms with Gasteiger partial charge in [-0.1, -0.05) is 28.1 Å². The average molecular weight is 270 g/mol. The summed E-state index contributed by atoms with van der Waals surface area (Å²) in [5.74, 6) is 0. The second-order valence-electron chi connectivity index (χ2n) is 2.72. The molecule has 0 N–H and O–H groups in total. The summed E-state index contributed by atoms with van der Waals surface area (Å²) in [6.45, 7) is 0. The summed E-state index contributed by atoms with van der Waals surface area (Å²) >= 11 is 9.07. The van der Waals surface area contributed by atoms with E-state index < -0.39 is 0 Å². The quantitative estimate of drug-likeness (QED) is 0.740. The van der Waals surface area contributed by atoms with Crippen LogP contribution in [0.2, 0.25) is 5.28 Å². The number of rotatable bonds is 1. The highest BCUT2D eigenvalue weighted by atomic mass is 79.9. The molecule has 0 saturated carbocycles. The number of nitrogens with zero attached hydrogens (tertiary/aromatic N) is 2. The summed E-state index contributed by atoms with van der Waals surface area (Å²) in [7, 11) is 0. The predicted molar refractivity (Wildman–Crippen MR) is 60.2 cm³/mol. The van der Waals surface area contributed by atoms with Gasteiger partial charge in [-0.3, -0.25) is 0 Å². The minimum Gasteiger partial charge on any atom is -0.226 e. The maximum atomic E-state index is 5.69. The van der Waals surface area contributed by atoms with E-state index in [-0.39, 0.29) is 5.28 Å². The number of benzene rings is 1. The topological polar surface area (TPSA) is 25.8 Å². The summed E-state index contributed by atoms with van der Waals surface area (Å²) in [5, 5.41) is 0.269. The summed E-state index contributed by atoms with van der Waals surface area (Å²) in [6, 6.07) is 9.71. The number of hydrogen-bond acceptors (Lipinski definition) is 2. The van der Waals surface area contributed by atoms with E-state index >= 15 is 0 Å². The maximum Gasteiger partial charge on any atom is 0.222 e. The van der Waals surface area contributed by atoms with E-state index in [1.807, 2.05) is 30.3 Å². The molecule has 0 radical (unpaired) electrons. The molecule has 14 heavy (non-hydrogen) atoms. The molecule has 0 saturated heterocycles. The SMILES string of the molecule is Clc1nccc(-c2ccc(Br)cc2)n1. The second kappa shape index (κ2) is 4.07. The Hall–Kier alpha value is -0.930. The third-order valence-corrected chi connectivity index (χ3v) is 2.48. The van der Waals surface area contributed by atoms with Crippen molar-refractivity contribution in [3.8, 4) is 11.3 Å². The monoisotopic (exact) mass is 268 g/mol. The minimum atomic E-state index is 0.269. The second-order valence-corrected chi connectivity index (χ2v) is 3.97. The van der Waals surface area contributed by atoms with Crippen molar-refractivity contribution in [2.24, 2.45) is 0 Å². The fourth-order valence-corrected chi connectivity index (χ4v) is 1.53. The molecule has 70 valence electrons. The molecule has 1 aromatic carbocycles. The lowest BCUT2D eigenvalue weighted by atomic mass is 10.1. The van der Waals surface area contributed by atoms with Crippen molar-refractivity contribution in [3.05, 3.63) is 46.3 Å². The third kappa shape index (κ3) is 2.11. The van der Waals surface area contributed by atoms with Gasteiger partial charge in [-0.2, -0.15) is 0 Å². The first-order chi connectivity index (χ1) is 6.75. The van der Waals surface area contributed by atoms with Crippen LogP contribution in [0.15, 0.2) is 41.0 Å². The van der Waals surface area contributed by atoms with E-state index in [0.29, 0.717) is 0 Å². The fourth-order valence-electron chi connectivity index (χ4n) is 1.12. The number of aromatic nitrogens is 2. The van der Waals surface area contributed by atoms with E-state index in [1.165, 1.54) is 0 Å². The van der Waals surface area contributed by atoms with Crippen molar-refractivity contribution in [3.63, 3.8) is 0 Å². The Kier molecular flexibility index (Phi) is 2.79. The van der Waals surface area contributed by atoms with E-state index in [0.717, 1.165) is 15.7 Å². The van der Waals surface area contributed by atoms with E-state index in [1.54, 1.807) is 6.20 Å². The molecule has 0 aliphatic heterocycles. The molecule has 0 fully saturated rings. The Bertz CT molecular complexity index is 442. The minimum absolute atomic E-state index is 0.269. The molecule has 0 aliphatic carbocycles. The van der Waals surface area contributed by atoms with Crippen molar-refractivity contribution in [2.75, 3.05) is 0 Å². The van der Waals surface area contributed by atoms with Crippen molar-refractivity contribution in [2.45, 2.75) is 0 Å². The van der Waals surface area contributed by atoms with Crippen LogP contribution in [0.1, 0.15) is 0 Å². The van der Waals surface area contributed by atoms with Crippen LogP contribution in [0.25, 0.3) is 11.3 Å². The van der Waals surface area contributed by atoms with Crippen LogP contribution < -0.4 is 0 Å². The number of halogens is 2. The Morgan fingerprint density at radius 1 is 1.07 bits per heavy atom. The molecule has 4 heteroatoms. The molecule has 0 amide bonds. The van der Waals surface area contributed by atoms with E-state index in [9.17, 15) is 0 Å². The molecule has 2 nitrogen and oxygen atoms in total. The summed E-state index contributed by atoms with van der Waals surface area (Å²) in [4.78, 5) is 7.94. The fraction of sp³-hybridized carbons (Fsp3) is 0. The third-order valence-electron chi connectivity index (χ3n) is 1.77. The van der Waals surface area contributed by atoms with Crippen molar-refractivity contribution >= 4 is 27.5 Å². The van der Waals surface area contributed by atoms with Crippen LogP contribution in [0.3, 0.4) is 0 Å². The normalized spacial score (nSPS) is 10.1. The van der Waals surface area contributed by atoms with Crippen LogP contribution in [-0.4, -0.2) is 9.97 Å². The standard InChI is InChI=1S/C10H6BrClN2/c11-8-3-1-7(2-4-8)9-5-6-13-10(12)14-9/h1-6H. The van der Waals surface area contributed by atoms with Gasteiger partial charge in [-0.25, -0.2) is 9.97 Å². The molecular formula is C10H6BrClN2. The Balaban J connectivity index is 2.44. The van der Waals surface area contributed by atoms with Gasteiger partial charge in [0.25, 0.3) is 0 Å². The largest absolute Gasteiger partial charge is 0.226 e. The Morgan fingerprint density at radius 2 is 1.79 bits per heavy atom. The van der Waals surface area contributed by atoms with Crippen molar-refractivity contribution < 1.29 is 0 Å². The molecule has 1 aromatic heterocycles. The molecular weight excluding hydrogens is 263 g/mol. The average Bonchev–Trinajstić information content (AvgIpc) is 2.19. The van der Waals surface area contributed by atoms with Gasteiger partial charge in [-0.05, 0) is 29.8 Å². The highest BCUT2D eigenvalue weighted by molar-refractivity contribution is 9.10. The first-order valence-corrected chi connectivity index (χ1v) is 5.17. The first-order valence-electron chi connectivity index (χ1n) is 4.00. The predicted octanol–water partition coefficient (Wildman–Crippen LogP) is 3.56. The lowest BCUT2D eigenvalue weighted by molar-refractivity contribution is 1.17. The molecule has 2 aromatic rings.